The molecule has 22 heavy (non-hydrogen) atoms. The standard InChI is InChI=1S/C15H12F3NO2S/c1-21-13-6-4-10(15(16,17)18)9-12(13)19-14(20)7-5-11-3-2-8-22-11/h2-9H,1H3,(H,19,20)/b7-5+. The fourth-order valence-corrected chi connectivity index (χ4v) is 2.32. The third-order valence-corrected chi connectivity index (χ3v) is 3.56. The fraction of sp³-hybridized carbons (Fsp3) is 0.133. The maximum atomic E-state index is 12.7. The molecule has 0 aliphatic rings. The Balaban J connectivity index is 2.18. The summed E-state index contributed by atoms with van der Waals surface area (Å²) in [5.41, 5.74) is -0.885. The Bertz CT molecular complexity index is 679. The van der Waals surface area contributed by atoms with Crippen LogP contribution in [0.1, 0.15) is 10.4 Å². The molecule has 7 heteroatoms. The summed E-state index contributed by atoms with van der Waals surface area (Å²) in [4.78, 5) is 12.7. The average Bonchev–Trinajstić information content (AvgIpc) is 2.97. The Morgan fingerprint density at radius 3 is 2.68 bits per heavy atom. The van der Waals surface area contributed by atoms with Crippen molar-refractivity contribution in [2.75, 3.05) is 12.4 Å². The number of halogens is 3. The molecule has 0 bridgehead atoms. The van der Waals surface area contributed by atoms with E-state index in [1.54, 1.807) is 6.08 Å². The van der Waals surface area contributed by atoms with Crippen LogP contribution in [0.4, 0.5) is 18.9 Å². The smallest absolute Gasteiger partial charge is 0.416 e. The lowest BCUT2D eigenvalue weighted by Gasteiger charge is -2.12. The number of hydrogen-bond acceptors (Lipinski definition) is 3. The number of rotatable bonds is 4. The minimum atomic E-state index is -4.49. The first-order valence-corrected chi connectivity index (χ1v) is 7.06. The molecule has 0 fully saturated rings. The molecule has 2 rings (SSSR count). The Morgan fingerprint density at radius 2 is 2.09 bits per heavy atom. The van der Waals surface area contributed by atoms with Gasteiger partial charge < -0.3 is 10.1 Å². The summed E-state index contributed by atoms with van der Waals surface area (Å²) >= 11 is 1.44. The molecule has 1 N–H and O–H groups in total. The highest BCUT2D eigenvalue weighted by molar-refractivity contribution is 7.10. The van der Waals surface area contributed by atoms with E-state index in [4.69, 9.17) is 4.74 Å². The molecule has 0 atom stereocenters. The highest BCUT2D eigenvalue weighted by Crippen LogP contribution is 2.34. The Labute approximate surface area is 129 Å². The van der Waals surface area contributed by atoms with Crippen molar-refractivity contribution in [1.29, 1.82) is 0 Å². The first kappa shape index (κ1) is 16.1. The fourth-order valence-electron chi connectivity index (χ4n) is 1.70. The van der Waals surface area contributed by atoms with Gasteiger partial charge in [0.05, 0.1) is 18.4 Å². The van der Waals surface area contributed by atoms with E-state index >= 15 is 0 Å². The number of amides is 1. The number of carbonyl (C=O) groups is 1. The van der Waals surface area contributed by atoms with Gasteiger partial charge in [-0.3, -0.25) is 4.79 Å². The second-order valence-electron chi connectivity index (χ2n) is 4.25. The summed E-state index contributed by atoms with van der Waals surface area (Å²) in [5.74, 6) is -0.378. The van der Waals surface area contributed by atoms with Gasteiger partial charge in [-0.05, 0) is 35.7 Å². The maximum absolute atomic E-state index is 12.7. The number of carbonyl (C=O) groups excluding carboxylic acids is 1. The average molecular weight is 327 g/mol. The van der Waals surface area contributed by atoms with Crippen LogP contribution in [-0.2, 0) is 11.0 Å². The summed E-state index contributed by atoms with van der Waals surface area (Å²) in [6.07, 6.45) is -1.65. The first-order chi connectivity index (χ1) is 10.4. The van der Waals surface area contributed by atoms with Crippen molar-refractivity contribution < 1.29 is 22.7 Å². The molecular formula is C15H12F3NO2S. The molecule has 0 aliphatic carbocycles. The minimum absolute atomic E-state index is 0.0295. The van der Waals surface area contributed by atoms with Crippen LogP contribution in [0, 0.1) is 0 Å². The predicted molar refractivity (Wildman–Crippen MR) is 80.0 cm³/mol. The topological polar surface area (TPSA) is 38.3 Å². The zero-order valence-electron chi connectivity index (χ0n) is 11.5. The third-order valence-electron chi connectivity index (χ3n) is 2.73. The normalized spacial score (nSPS) is 11.6. The SMILES string of the molecule is COc1ccc(C(F)(F)F)cc1NC(=O)/C=C/c1cccs1. The third kappa shape index (κ3) is 4.11. The molecule has 1 amide bonds. The van der Waals surface area contributed by atoms with E-state index in [0.717, 1.165) is 17.0 Å². The first-order valence-electron chi connectivity index (χ1n) is 6.18. The second kappa shape index (κ2) is 6.65. The number of benzene rings is 1. The van der Waals surface area contributed by atoms with Crippen molar-refractivity contribution in [1.82, 2.24) is 0 Å². The molecule has 1 heterocycles. The molecule has 3 nitrogen and oxygen atoms in total. The van der Waals surface area contributed by atoms with Crippen molar-refractivity contribution in [2.45, 2.75) is 6.18 Å². The van der Waals surface area contributed by atoms with Gasteiger partial charge in [0.2, 0.25) is 5.91 Å². The quantitative estimate of drug-likeness (QED) is 0.844. The number of thiophene rings is 1. The van der Waals surface area contributed by atoms with Gasteiger partial charge >= 0.3 is 6.18 Å². The Morgan fingerprint density at radius 1 is 1.32 bits per heavy atom. The highest BCUT2D eigenvalue weighted by Gasteiger charge is 2.31. The van der Waals surface area contributed by atoms with Crippen LogP contribution in [0.25, 0.3) is 6.08 Å². The van der Waals surface area contributed by atoms with Crippen LogP contribution in [0.5, 0.6) is 5.75 Å². The van der Waals surface area contributed by atoms with Gasteiger partial charge in [-0.2, -0.15) is 13.2 Å². The summed E-state index contributed by atoms with van der Waals surface area (Å²) in [5, 5.41) is 4.24. The van der Waals surface area contributed by atoms with E-state index in [-0.39, 0.29) is 11.4 Å². The summed E-state index contributed by atoms with van der Waals surface area (Å²) in [6.45, 7) is 0. The van der Waals surface area contributed by atoms with E-state index in [1.807, 2.05) is 17.5 Å². The molecule has 2 aromatic rings. The van der Waals surface area contributed by atoms with E-state index < -0.39 is 17.6 Å². The van der Waals surface area contributed by atoms with Crippen molar-refractivity contribution in [3.8, 4) is 5.75 Å². The van der Waals surface area contributed by atoms with Crippen LogP contribution < -0.4 is 10.1 Å². The number of hydrogen-bond donors (Lipinski definition) is 1. The molecule has 0 saturated heterocycles. The predicted octanol–water partition coefficient (Wildman–Crippen LogP) is 4.43. The Kier molecular flexibility index (Phi) is 4.87. The molecule has 0 radical (unpaired) electrons. The molecule has 0 unspecified atom stereocenters. The lowest BCUT2D eigenvalue weighted by atomic mass is 10.1. The molecule has 1 aromatic heterocycles. The molecular weight excluding hydrogens is 315 g/mol. The molecule has 0 aliphatic heterocycles. The zero-order valence-corrected chi connectivity index (χ0v) is 12.3. The zero-order chi connectivity index (χ0) is 16.2. The molecule has 1 aromatic carbocycles. The lowest BCUT2D eigenvalue weighted by molar-refractivity contribution is -0.137. The van der Waals surface area contributed by atoms with Gasteiger partial charge in [0.25, 0.3) is 0 Å². The monoisotopic (exact) mass is 327 g/mol. The Hall–Kier alpha value is -2.28. The van der Waals surface area contributed by atoms with Crippen LogP contribution in [-0.4, -0.2) is 13.0 Å². The summed E-state index contributed by atoms with van der Waals surface area (Å²) in [7, 11) is 1.32. The minimum Gasteiger partial charge on any atom is -0.495 e. The number of methoxy groups -OCH3 is 1. The van der Waals surface area contributed by atoms with E-state index in [1.165, 1.54) is 30.6 Å². The van der Waals surface area contributed by atoms with Crippen LogP contribution >= 0.6 is 11.3 Å². The maximum Gasteiger partial charge on any atom is 0.416 e. The van der Waals surface area contributed by atoms with Gasteiger partial charge in [0.1, 0.15) is 5.75 Å². The van der Waals surface area contributed by atoms with Gasteiger partial charge in [0.15, 0.2) is 0 Å². The number of alkyl halides is 3. The lowest BCUT2D eigenvalue weighted by Crippen LogP contribution is -2.11. The van der Waals surface area contributed by atoms with Crippen molar-refractivity contribution >= 4 is 29.0 Å². The summed E-state index contributed by atoms with van der Waals surface area (Å²) in [6, 6.07) is 6.56. The molecule has 0 saturated carbocycles. The van der Waals surface area contributed by atoms with Gasteiger partial charge in [-0.15, -0.1) is 11.3 Å². The van der Waals surface area contributed by atoms with Gasteiger partial charge in [0, 0.05) is 11.0 Å². The van der Waals surface area contributed by atoms with E-state index in [9.17, 15) is 18.0 Å². The van der Waals surface area contributed by atoms with Crippen molar-refractivity contribution in [2.24, 2.45) is 0 Å². The summed E-state index contributed by atoms with van der Waals surface area (Å²) < 4.78 is 43.1. The van der Waals surface area contributed by atoms with Crippen LogP contribution in [0.15, 0.2) is 41.8 Å². The van der Waals surface area contributed by atoms with Crippen molar-refractivity contribution in [3.05, 3.63) is 52.2 Å². The van der Waals surface area contributed by atoms with Crippen molar-refractivity contribution in [3.63, 3.8) is 0 Å². The number of anilines is 1. The highest BCUT2D eigenvalue weighted by atomic mass is 32.1. The van der Waals surface area contributed by atoms with E-state index in [0.29, 0.717) is 0 Å². The molecule has 116 valence electrons. The number of nitrogens with one attached hydrogen (secondary N) is 1. The van der Waals surface area contributed by atoms with Crippen LogP contribution in [0.2, 0.25) is 0 Å². The second-order valence-corrected chi connectivity index (χ2v) is 5.23. The largest absolute Gasteiger partial charge is 0.495 e. The molecule has 0 spiro atoms. The van der Waals surface area contributed by atoms with Crippen LogP contribution in [0.3, 0.4) is 0 Å². The van der Waals surface area contributed by atoms with E-state index in [2.05, 4.69) is 5.32 Å². The van der Waals surface area contributed by atoms with Gasteiger partial charge in [-0.25, -0.2) is 0 Å². The number of ether oxygens (including phenoxy) is 1. The van der Waals surface area contributed by atoms with Gasteiger partial charge in [-0.1, -0.05) is 6.07 Å².